The van der Waals surface area contributed by atoms with Crippen molar-refractivity contribution < 1.29 is 19.8 Å². The predicted octanol–water partition coefficient (Wildman–Crippen LogP) is 4.86. The van der Waals surface area contributed by atoms with E-state index in [-0.39, 0.29) is 12.3 Å². The van der Waals surface area contributed by atoms with Crippen LogP contribution in [0.5, 0.6) is 0 Å². The smallest absolute Gasteiger partial charge is 0.309 e. The Morgan fingerprint density at radius 1 is 0.955 bits per heavy atom. The Hall–Kier alpha value is -1.06. The van der Waals surface area contributed by atoms with E-state index < -0.39 is 17.4 Å². The summed E-state index contributed by atoms with van der Waals surface area (Å²) in [7, 11) is 0. The van der Waals surface area contributed by atoms with Crippen molar-refractivity contribution in [3.8, 4) is 0 Å². The summed E-state index contributed by atoms with van der Waals surface area (Å²) in [5.41, 5.74) is -0.691. The number of aliphatic carboxylic acids is 2. The van der Waals surface area contributed by atoms with Crippen LogP contribution < -0.4 is 0 Å². The number of carboxylic acid groups (broad SMARTS) is 2. The molecule has 0 heterocycles. The Bertz CT molecular complexity index is 347. The van der Waals surface area contributed by atoms with Gasteiger partial charge in [-0.1, -0.05) is 51.9 Å². The first-order chi connectivity index (χ1) is 10.5. The van der Waals surface area contributed by atoms with Crippen LogP contribution in [0.25, 0.3) is 0 Å². The standard InChI is InChI=1S/C18H32O4/c1-2-3-4-8-13-18(17(21)22,14-9-12-16(19)20)15-10-6-5-7-11-15/h15H,2-14H2,1H3,(H,19,20)(H,21,22). The second-order valence-electron chi connectivity index (χ2n) is 6.85. The quantitative estimate of drug-likeness (QED) is 0.534. The lowest BCUT2D eigenvalue weighted by atomic mass is 9.64. The molecule has 1 aliphatic carbocycles. The molecule has 0 saturated heterocycles. The summed E-state index contributed by atoms with van der Waals surface area (Å²) in [4.78, 5) is 22.9. The van der Waals surface area contributed by atoms with Crippen LogP contribution in [0.4, 0.5) is 0 Å². The number of carbonyl (C=O) groups is 2. The van der Waals surface area contributed by atoms with E-state index in [1.807, 2.05) is 0 Å². The fraction of sp³-hybridized carbons (Fsp3) is 0.889. The van der Waals surface area contributed by atoms with Crippen LogP contribution in [0, 0.1) is 11.3 Å². The molecule has 1 rings (SSSR count). The average molecular weight is 312 g/mol. The first kappa shape index (κ1) is 19.0. The third-order valence-electron chi connectivity index (χ3n) is 5.30. The molecule has 0 radical (unpaired) electrons. The SMILES string of the molecule is CCCCCCC(CCCC(=O)O)(C(=O)O)C1CCCCC1. The molecule has 1 fully saturated rings. The number of hydrogen-bond acceptors (Lipinski definition) is 2. The normalized spacial score (nSPS) is 18.8. The van der Waals surface area contributed by atoms with Gasteiger partial charge in [-0.25, -0.2) is 0 Å². The third-order valence-corrected chi connectivity index (χ3v) is 5.30. The Morgan fingerprint density at radius 2 is 1.59 bits per heavy atom. The van der Waals surface area contributed by atoms with Crippen molar-refractivity contribution in [1.29, 1.82) is 0 Å². The van der Waals surface area contributed by atoms with Crippen molar-refractivity contribution in [2.45, 2.75) is 90.4 Å². The van der Waals surface area contributed by atoms with Gasteiger partial charge in [-0.3, -0.25) is 9.59 Å². The molecule has 22 heavy (non-hydrogen) atoms. The van der Waals surface area contributed by atoms with E-state index in [4.69, 9.17) is 5.11 Å². The van der Waals surface area contributed by atoms with Crippen LogP contribution in [0.3, 0.4) is 0 Å². The molecule has 0 amide bonds. The van der Waals surface area contributed by atoms with E-state index in [0.29, 0.717) is 19.3 Å². The molecule has 0 aromatic heterocycles. The Kier molecular flexibility index (Phi) is 8.51. The molecular formula is C18H32O4. The molecule has 2 N–H and O–H groups in total. The molecule has 1 aliphatic rings. The molecule has 128 valence electrons. The van der Waals surface area contributed by atoms with E-state index in [1.165, 1.54) is 6.42 Å². The monoisotopic (exact) mass is 312 g/mol. The molecule has 0 bridgehead atoms. The number of hydrogen-bond donors (Lipinski definition) is 2. The topological polar surface area (TPSA) is 74.6 Å². The fourth-order valence-electron chi connectivity index (χ4n) is 4.00. The van der Waals surface area contributed by atoms with Crippen LogP contribution in [0.15, 0.2) is 0 Å². The van der Waals surface area contributed by atoms with Crippen LogP contribution in [0.2, 0.25) is 0 Å². The molecule has 1 saturated carbocycles. The zero-order valence-corrected chi connectivity index (χ0v) is 14.0. The van der Waals surface area contributed by atoms with Crippen LogP contribution in [0.1, 0.15) is 90.4 Å². The van der Waals surface area contributed by atoms with Crippen LogP contribution in [-0.2, 0) is 9.59 Å². The molecule has 1 unspecified atom stereocenters. The van der Waals surface area contributed by atoms with Crippen molar-refractivity contribution in [2.75, 3.05) is 0 Å². The lowest BCUT2D eigenvalue weighted by Gasteiger charge is -2.40. The van der Waals surface area contributed by atoms with Crippen molar-refractivity contribution in [3.63, 3.8) is 0 Å². The minimum atomic E-state index is -0.825. The van der Waals surface area contributed by atoms with E-state index in [0.717, 1.165) is 51.4 Å². The molecule has 4 nitrogen and oxygen atoms in total. The molecular weight excluding hydrogens is 280 g/mol. The van der Waals surface area contributed by atoms with Crippen molar-refractivity contribution in [2.24, 2.45) is 11.3 Å². The van der Waals surface area contributed by atoms with Gasteiger partial charge in [0.25, 0.3) is 0 Å². The second-order valence-corrected chi connectivity index (χ2v) is 6.85. The fourth-order valence-corrected chi connectivity index (χ4v) is 4.00. The molecule has 0 aromatic carbocycles. The van der Waals surface area contributed by atoms with Crippen molar-refractivity contribution in [3.05, 3.63) is 0 Å². The van der Waals surface area contributed by atoms with Crippen molar-refractivity contribution in [1.82, 2.24) is 0 Å². The van der Waals surface area contributed by atoms with Crippen LogP contribution >= 0.6 is 0 Å². The van der Waals surface area contributed by atoms with Crippen molar-refractivity contribution >= 4 is 11.9 Å². The Labute approximate surface area is 134 Å². The Morgan fingerprint density at radius 3 is 2.14 bits per heavy atom. The van der Waals surface area contributed by atoms with Gasteiger partial charge in [0, 0.05) is 6.42 Å². The number of rotatable bonds is 11. The molecule has 0 aromatic rings. The largest absolute Gasteiger partial charge is 0.481 e. The van der Waals surface area contributed by atoms with Gasteiger partial charge in [0.05, 0.1) is 5.41 Å². The van der Waals surface area contributed by atoms with Crippen LogP contribution in [-0.4, -0.2) is 22.2 Å². The summed E-state index contributed by atoms with van der Waals surface area (Å²) in [6, 6.07) is 0. The second kappa shape index (κ2) is 9.86. The van der Waals surface area contributed by atoms with Gasteiger partial charge in [0.1, 0.15) is 0 Å². The van der Waals surface area contributed by atoms with Gasteiger partial charge in [-0.15, -0.1) is 0 Å². The van der Waals surface area contributed by atoms with E-state index >= 15 is 0 Å². The number of carboxylic acids is 2. The zero-order valence-electron chi connectivity index (χ0n) is 14.0. The maximum Gasteiger partial charge on any atom is 0.309 e. The van der Waals surface area contributed by atoms with E-state index in [9.17, 15) is 14.7 Å². The third kappa shape index (κ3) is 5.62. The van der Waals surface area contributed by atoms with Gasteiger partial charge in [-0.2, -0.15) is 0 Å². The van der Waals surface area contributed by atoms with Gasteiger partial charge in [-0.05, 0) is 38.0 Å². The van der Waals surface area contributed by atoms with E-state index in [2.05, 4.69) is 6.92 Å². The average Bonchev–Trinajstić information content (AvgIpc) is 2.50. The lowest BCUT2D eigenvalue weighted by Crippen LogP contribution is -2.40. The summed E-state index contributed by atoms with van der Waals surface area (Å²) in [5, 5.41) is 18.8. The van der Waals surface area contributed by atoms with Gasteiger partial charge >= 0.3 is 11.9 Å². The van der Waals surface area contributed by atoms with Gasteiger partial charge < -0.3 is 10.2 Å². The minimum Gasteiger partial charge on any atom is -0.481 e. The molecule has 1 atom stereocenters. The lowest BCUT2D eigenvalue weighted by molar-refractivity contribution is -0.156. The summed E-state index contributed by atoms with van der Waals surface area (Å²) < 4.78 is 0. The minimum absolute atomic E-state index is 0.0801. The summed E-state index contributed by atoms with van der Waals surface area (Å²) in [6.07, 6.45) is 11.5. The molecule has 0 spiro atoms. The maximum atomic E-state index is 12.1. The summed E-state index contributed by atoms with van der Waals surface area (Å²) in [6.45, 7) is 2.15. The maximum absolute atomic E-state index is 12.1. The number of unbranched alkanes of at least 4 members (excludes halogenated alkanes) is 3. The highest BCUT2D eigenvalue weighted by Crippen LogP contribution is 2.46. The predicted molar refractivity (Wildman–Crippen MR) is 86.9 cm³/mol. The highest BCUT2D eigenvalue weighted by atomic mass is 16.4. The highest BCUT2D eigenvalue weighted by Gasteiger charge is 2.44. The first-order valence-electron chi connectivity index (χ1n) is 8.98. The van der Waals surface area contributed by atoms with E-state index in [1.54, 1.807) is 0 Å². The molecule has 0 aliphatic heterocycles. The Balaban J connectivity index is 2.76. The molecule has 4 heteroatoms. The first-order valence-corrected chi connectivity index (χ1v) is 8.98. The van der Waals surface area contributed by atoms with Gasteiger partial charge in [0.15, 0.2) is 0 Å². The highest BCUT2D eigenvalue weighted by molar-refractivity contribution is 5.75. The zero-order chi connectivity index (χ0) is 16.4. The summed E-state index contributed by atoms with van der Waals surface area (Å²) >= 11 is 0. The van der Waals surface area contributed by atoms with Gasteiger partial charge in [0.2, 0.25) is 0 Å². The summed E-state index contributed by atoms with van der Waals surface area (Å²) in [5.74, 6) is -1.29.